The van der Waals surface area contributed by atoms with Gasteiger partial charge in [-0.1, -0.05) is 6.92 Å². The van der Waals surface area contributed by atoms with E-state index in [1.807, 2.05) is 29.5 Å². The number of hydrogen-bond donors (Lipinski definition) is 0. The molecule has 0 atom stereocenters. The lowest BCUT2D eigenvalue weighted by Crippen LogP contribution is -2.12. The molecule has 0 saturated carbocycles. The maximum absolute atomic E-state index is 13.0. The fourth-order valence-corrected chi connectivity index (χ4v) is 2.56. The highest BCUT2D eigenvalue weighted by atomic mass is 127. The molecule has 0 bridgehead atoms. The molecule has 0 aliphatic heterocycles. The average molecular weight is 373 g/mol. The van der Waals surface area contributed by atoms with Gasteiger partial charge in [-0.25, -0.2) is 14.1 Å². The molecule has 2 rings (SSSR count). The molecular formula is C13H13FIN3O. The van der Waals surface area contributed by atoms with Gasteiger partial charge in [0, 0.05) is 15.7 Å². The van der Waals surface area contributed by atoms with E-state index in [1.54, 1.807) is 4.68 Å². The lowest BCUT2D eigenvalue weighted by Gasteiger charge is -2.05. The maximum Gasteiger partial charge on any atom is 0.171 e. The smallest absolute Gasteiger partial charge is 0.171 e. The molecule has 0 fully saturated rings. The van der Waals surface area contributed by atoms with E-state index < -0.39 is 0 Å². The highest BCUT2D eigenvalue weighted by molar-refractivity contribution is 14.1. The molecular weight excluding hydrogens is 360 g/mol. The number of ketones is 1. The molecule has 100 valence electrons. The number of Topliss-reactive ketones (excluding diaryl/α,β-unsaturated/α-hetero) is 1. The summed E-state index contributed by atoms with van der Waals surface area (Å²) in [6.45, 7) is 2.78. The molecule has 0 unspecified atom stereocenters. The van der Waals surface area contributed by atoms with Crippen LogP contribution in [0.4, 0.5) is 4.39 Å². The predicted octanol–water partition coefficient (Wildman–Crippen LogP) is 2.86. The molecule has 19 heavy (non-hydrogen) atoms. The Morgan fingerprint density at radius 1 is 1.47 bits per heavy atom. The summed E-state index contributed by atoms with van der Waals surface area (Å²) in [5.74, 6) is 0.233. The van der Waals surface area contributed by atoms with Crippen molar-refractivity contribution >= 4 is 28.4 Å². The lowest BCUT2D eigenvalue weighted by atomic mass is 10.1. The first-order chi connectivity index (χ1) is 9.11. The second-order valence-corrected chi connectivity index (χ2v) is 5.29. The molecule has 0 N–H and O–H groups in total. The number of carbonyl (C=O) groups excluding carboxylic acids is 1. The van der Waals surface area contributed by atoms with Gasteiger partial charge < -0.3 is 0 Å². The largest absolute Gasteiger partial charge is 0.294 e. The van der Waals surface area contributed by atoms with E-state index in [0.717, 1.165) is 13.0 Å². The third-order valence-corrected chi connectivity index (χ3v) is 3.57. The number of rotatable bonds is 5. The fraction of sp³-hybridized carbons (Fsp3) is 0.308. The summed E-state index contributed by atoms with van der Waals surface area (Å²) < 4.78 is 15.4. The first kappa shape index (κ1) is 14.1. The van der Waals surface area contributed by atoms with Crippen molar-refractivity contribution in [3.05, 3.63) is 45.3 Å². The Kier molecular flexibility index (Phi) is 4.62. The molecule has 1 aromatic carbocycles. The first-order valence-corrected chi connectivity index (χ1v) is 7.04. The highest BCUT2D eigenvalue weighted by Crippen LogP contribution is 2.16. The van der Waals surface area contributed by atoms with Crippen LogP contribution in [-0.2, 0) is 13.0 Å². The lowest BCUT2D eigenvalue weighted by molar-refractivity contribution is 0.0988. The van der Waals surface area contributed by atoms with Crippen molar-refractivity contribution in [2.45, 2.75) is 26.3 Å². The summed E-state index contributed by atoms with van der Waals surface area (Å²) in [6.07, 6.45) is 2.56. The fourth-order valence-electron chi connectivity index (χ4n) is 1.78. The normalized spacial score (nSPS) is 10.7. The SMILES string of the molecule is CCCn1ncnc1CC(=O)c1ccc(F)cc1I. The number of halogens is 2. The summed E-state index contributed by atoms with van der Waals surface area (Å²) in [5, 5.41) is 4.08. The molecule has 1 aromatic heterocycles. The number of hydrogen-bond acceptors (Lipinski definition) is 3. The van der Waals surface area contributed by atoms with E-state index in [2.05, 4.69) is 10.1 Å². The molecule has 1 heterocycles. The van der Waals surface area contributed by atoms with Gasteiger partial charge in [-0.05, 0) is 47.2 Å². The minimum atomic E-state index is -0.338. The third-order valence-electron chi connectivity index (χ3n) is 2.68. The Hall–Kier alpha value is -1.31. The van der Waals surface area contributed by atoms with E-state index in [4.69, 9.17) is 0 Å². The van der Waals surface area contributed by atoms with Crippen LogP contribution in [0.15, 0.2) is 24.5 Å². The predicted molar refractivity (Wildman–Crippen MR) is 77.5 cm³/mol. The van der Waals surface area contributed by atoms with Crippen LogP contribution in [0.5, 0.6) is 0 Å². The van der Waals surface area contributed by atoms with Crippen LogP contribution in [0, 0.1) is 9.39 Å². The minimum absolute atomic E-state index is 0.0743. The topological polar surface area (TPSA) is 47.8 Å². The molecule has 4 nitrogen and oxygen atoms in total. The molecule has 0 radical (unpaired) electrons. The van der Waals surface area contributed by atoms with Gasteiger partial charge >= 0.3 is 0 Å². The van der Waals surface area contributed by atoms with Crippen LogP contribution >= 0.6 is 22.6 Å². The Balaban J connectivity index is 2.18. The molecule has 0 amide bonds. The maximum atomic E-state index is 13.0. The summed E-state index contributed by atoms with van der Waals surface area (Å²) in [6, 6.07) is 4.16. The molecule has 0 aliphatic carbocycles. The van der Waals surface area contributed by atoms with Crippen molar-refractivity contribution in [3.63, 3.8) is 0 Å². The van der Waals surface area contributed by atoms with Gasteiger partial charge in [-0.3, -0.25) is 4.79 Å². The van der Waals surface area contributed by atoms with Crippen molar-refractivity contribution in [2.75, 3.05) is 0 Å². The van der Waals surface area contributed by atoms with Crippen LogP contribution in [0.1, 0.15) is 29.5 Å². The zero-order valence-corrected chi connectivity index (χ0v) is 12.6. The number of nitrogens with zero attached hydrogens (tertiary/aromatic N) is 3. The van der Waals surface area contributed by atoms with Crippen molar-refractivity contribution in [1.82, 2.24) is 14.8 Å². The van der Waals surface area contributed by atoms with Crippen LogP contribution in [-0.4, -0.2) is 20.5 Å². The molecule has 0 aliphatic rings. The van der Waals surface area contributed by atoms with E-state index in [9.17, 15) is 9.18 Å². The van der Waals surface area contributed by atoms with Crippen LogP contribution in [0.2, 0.25) is 0 Å². The first-order valence-electron chi connectivity index (χ1n) is 5.96. The van der Waals surface area contributed by atoms with E-state index >= 15 is 0 Å². The second-order valence-electron chi connectivity index (χ2n) is 4.12. The van der Waals surface area contributed by atoms with Crippen molar-refractivity contribution < 1.29 is 9.18 Å². The Bertz CT molecular complexity index is 597. The molecule has 0 saturated heterocycles. The van der Waals surface area contributed by atoms with Gasteiger partial charge in [0.1, 0.15) is 18.0 Å². The van der Waals surface area contributed by atoms with Crippen molar-refractivity contribution in [1.29, 1.82) is 0 Å². The minimum Gasteiger partial charge on any atom is -0.294 e. The van der Waals surface area contributed by atoms with Gasteiger partial charge in [0.15, 0.2) is 5.78 Å². The number of benzene rings is 1. The van der Waals surface area contributed by atoms with Crippen molar-refractivity contribution in [2.24, 2.45) is 0 Å². The van der Waals surface area contributed by atoms with Crippen molar-refractivity contribution in [3.8, 4) is 0 Å². The molecule has 0 spiro atoms. The van der Waals surface area contributed by atoms with E-state index in [-0.39, 0.29) is 18.0 Å². The number of aryl methyl sites for hydroxylation is 1. The van der Waals surface area contributed by atoms with Crippen LogP contribution in [0.25, 0.3) is 0 Å². The van der Waals surface area contributed by atoms with Gasteiger partial charge in [-0.15, -0.1) is 0 Å². The monoisotopic (exact) mass is 373 g/mol. The zero-order valence-electron chi connectivity index (χ0n) is 10.4. The summed E-state index contributed by atoms with van der Waals surface area (Å²) in [4.78, 5) is 16.3. The van der Waals surface area contributed by atoms with E-state index in [1.165, 1.54) is 24.5 Å². The Morgan fingerprint density at radius 3 is 2.95 bits per heavy atom. The van der Waals surface area contributed by atoms with Gasteiger partial charge in [0.2, 0.25) is 0 Å². The number of aromatic nitrogens is 3. The highest BCUT2D eigenvalue weighted by Gasteiger charge is 2.14. The zero-order chi connectivity index (χ0) is 13.8. The van der Waals surface area contributed by atoms with Gasteiger partial charge in [0.05, 0.1) is 6.42 Å². The van der Waals surface area contributed by atoms with Crippen LogP contribution in [0.3, 0.4) is 0 Å². The third kappa shape index (κ3) is 3.37. The molecule has 6 heteroatoms. The second kappa shape index (κ2) is 6.23. The molecule has 2 aromatic rings. The summed E-state index contributed by atoms with van der Waals surface area (Å²) in [5.41, 5.74) is 0.521. The Labute approximate surface area is 124 Å². The number of carbonyl (C=O) groups is 1. The summed E-state index contributed by atoms with van der Waals surface area (Å²) in [7, 11) is 0. The standard InChI is InChI=1S/C13H13FIN3O/c1-2-5-18-13(16-8-17-18)7-12(19)10-4-3-9(14)6-11(10)15/h3-4,6,8H,2,5,7H2,1H3. The summed E-state index contributed by atoms with van der Waals surface area (Å²) >= 11 is 1.96. The van der Waals surface area contributed by atoms with E-state index in [0.29, 0.717) is 15.0 Å². The van der Waals surface area contributed by atoms with Crippen LogP contribution < -0.4 is 0 Å². The van der Waals surface area contributed by atoms with Gasteiger partial charge in [-0.2, -0.15) is 5.10 Å². The van der Waals surface area contributed by atoms with Gasteiger partial charge in [0.25, 0.3) is 0 Å². The Morgan fingerprint density at radius 2 is 2.26 bits per heavy atom. The quantitative estimate of drug-likeness (QED) is 0.598. The average Bonchev–Trinajstić information content (AvgIpc) is 2.77.